The highest BCUT2D eigenvalue weighted by Gasteiger charge is 2.07. The first kappa shape index (κ1) is 18.3. The van der Waals surface area contributed by atoms with E-state index in [1.165, 1.54) is 10.6 Å². The van der Waals surface area contributed by atoms with Crippen LogP contribution in [0.5, 0.6) is 5.75 Å². The predicted octanol–water partition coefficient (Wildman–Crippen LogP) is 3.10. The third-order valence-corrected chi connectivity index (χ3v) is 4.66. The maximum absolute atomic E-state index is 5.77. The molecule has 0 saturated carbocycles. The number of rotatable bonds is 7. The Kier molecular flexibility index (Phi) is 7.06. The van der Waals surface area contributed by atoms with Gasteiger partial charge in [0.2, 0.25) is 0 Å². The summed E-state index contributed by atoms with van der Waals surface area (Å²) in [5.74, 6) is 1.74. The molecule has 0 aliphatic carbocycles. The molecule has 0 bridgehead atoms. The van der Waals surface area contributed by atoms with E-state index >= 15 is 0 Å². The van der Waals surface area contributed by atoms with Gasteiger partial charge in [-0.05, 0) is 25.5 Å². The van der Waals surface area contributed by atoms with Gasteiger partial charge in [-0.15, -0.1) is 11.3 Å². The van der Waals surface area contributed by atoms with Crippen molar-refractivity contribution in [1.82, 2.24) is 15.2 Å². The third kappa shape index (κ3) is 5.53. The van der Waals surface area contributed by atoms with Gasteiger partial charge in [0.05, 0.1) is 23.8 Å². The lowest BCUT2D eigenvalue weighted by molar-refractivity contribution is 0.281. The first-order chi connectivity index (χ1) is 11.6. The molecule has 0 saturated heterocycles. The molecule has 0 atom stereocenters. The van der Waals surface area contributed by atoms with Gasteiger partial charge in [0, 0.05) is 19.5 Å². The number of guanidine groups is 1. The number of aryl methyl sites for hydroxylation is 2. The number of aliphatic imine (C=N–C) groups is 1. The summed E-state index contributed by atoms with van der Waals surface area (Å²) in [6, 6.07) is 8.10. The van der Waals surface area contributed by atoms with Gasteiger partial charge in [-0.3, -0.25) is 4.99 Å². The first-order valence-electron chi connectivity index (χ1n) is 8.17. The largest absolute Gasteiger partial charge is 0.492 e. The zero-order valence-electron chi connectivity index (χ0n) is 14.9. The number of hydrogen-bond donors (Lipinski definition) is 1. The molecule has 1 heterocycles. The van der Waals surface area contributed by atoms with E-state index in [1.807, 2.05) is 19.2 Å². The van der Waals surface area contributed by atoms with Crippen molar-refractivity contribution in [2.24, 2.45) is 4.99 Å². The highest BCUT2D eigenvalue weighted by Crippen LogP contribution is 2.11. The van der Waals surface area contributed by atoms with Crippen LogP contribution in [0.1, 0.15) is 23.2 Å². The molecular weight excluding hydrogens is 320 g/mol. The Labute approximate surface area is 148 Å². The van der Waals surface area contributed by atoms with Crippen molar-refractivity contribution in [2.75, 3.05) is 27.2 Å². The second kappa shape index (κ2) is 9.27. The Morgan fingerprint density at radius 2 is 2.08 bits per heavy atom. The molecule has 6 heteroatoms. The number of benzene rings is 1. The third-order valence-electron chi connectivity index (χ3n) is 3.62. The summed E-state index contributed by atoms with van der Waals surface area (Å²) in [6.07, 6.45) is 0.982. The van der Waals surface area contributed by atoms with Gasteiger partial charge in [-0.2, -0.15) is 0 Å². The number of thiazole rings is 1. The fourth-order valence-corrected chi connectivity index (χ4v) is 2.93. The molecule has 2 rings (SSSR count). The molecule has 0 amide bonds. The van der Waals surface area contributed by atoms with E-state index in [4.69, 9.17) is 4.74 Å². The minimum absolute atomic E-state index is 0.608. The van der Waals surface area contributed by atoms with E-state index in [0.717, 1.165) is 30.4 Å². The van der Waals surface area contributed by atoms with Crippen LogP contribution in [0.15, 0.2) is 34.6 Å². The molecule has 130 valence electrons. The summed E-state index contributed by atoms with van der Waals surface area (Å²) in [6.45, 7) is 6.24. The molecule has 0 fully saturated rings. The molecule has 0 aliphatic rings. The lowest BCUT2D eigenvalue weighted by Gasteiger charge is -2.21. The van der Waals surface area contributed by atoms with Gasteiger partial charge in [0.25, 0.3) is 0 Å². The quantitative estimate of drug-likeness (QED) is 0.618. The summed E-state index contributed by atoms with van der Waals surface area (Å²) >= 11 is 1.71. The Morgan fingerprint density at radius 3 is 2.71 bits per heavy atom. The van der Waals surface area contributed by atoms with Crippen LogP contribution in [0.4, 0.5) is 0 Å². The minimum Gasteiger partial charge on any atom is -0.492 e. The summed E-state index contributed by atoms with van der Waals surface area (Å²) < 4.78 is 5.77. The van der Waals surface area contributed by atoms with Gasteiger partial charge in [0.15, 0.2) is 5.96 Å². The minimum atomic E-state index is 0.608. The number of nitrogens with one attached hydrogen (secondary N) is 1. The van der Waals surface area contributed by atoms with E-state index in [2.05, 4.69) is 51.6 Å². The number of likely N-dealkylation sites (N-methyl/N-ethyl adjacent to an activating group) is 1. The average molecular weight is 347 g/mol. The van der Waals surface area contributed by atoms with Crippen LogP contribution in [0.25, 0.3) is 0 Å². The maximum atomic E-state index is 5.77. The highest BCUT2D eigenvalue weighted by molar-refractivity contribution is 7.09. The Hall–Kier alpha value is -2.08. The van der Waals surface area contributed by atoms with Gasteiger partial charge >= 0.3 is 0 Å². The van der Waals surface area contributed by atoms with E-state index in [0.29, 0.717) is 13.2 Å². The maximum Gasteiger partial charge on any atom is 0.193 e. The van der Waals surface area contributed by atoms with E-state index < -0.39 is 0 Å². The molecule has 0 unspecified atom stereocenters. The number of aromatic nitrogens is 1. The van der Waals surface area contributed by atoms with Gasteiger partial charge in [-0.25, -0.2) is 4.98 Å². The molecule has 1 aromatic carbocycles. The molecule has 5 nitrogen and oxygen atoms in total. The van der Waals surface area contributed by atoms with Crippen molar-refractivity contribution >= 4 is 17.3 Å². The van der Waals surface area contributed by atoms with E-state index in [1.54, 1.807) is 18.4 Å². The Balaban J connectivity index is 1.76. The fraction of sp³-hybridized carbons (Fsp3) is 0.444. The van der Waals surface area contributed by atoms with Crippen LogP contribution < -0.4 is 10.1 Å². The average Bonchev–Trinajstić information content (AvgIpc) is 3.05. The number of ether oxygens (including phenoxy) is 1. The predicted molar refractivity (Wildman–Crippen MR) is 101 cm³/mol. The first-order valence-corrected chi connectivity index (χ1v) is 9.05. The van der Waals surface area contributed by atoms with E-state index in [-0.39, 0.29) is 0 Å². The second-order valence-corrected chi connectivity index (χ2v) is 6.51. The smallest absolute Gasteiger partial charge is 0.193 e. The van der Waals surface area contributed by atoms with Gasteiger partial charge in [0.1, 0.15) is 12.4 Å². The zero-order chi connectivity index (χ0) is 17.4. The van der Waals surface area contributed by atoms with Crippen LogP contribution in [0.3, 0.4) is 0 Å². The van der Waals surface area contributed by atoms with Gasteiger partial charge < -0.3 is 15.0 Å². The van der Waals surface area contributed by atoms with Crippen molar-refractivity contribution in [3.8, 4) is 5.75 Å². The SMILES string of the molecule is CCc1nc(CNC(=NC)N(C)CCOc2ccc(C)cc2)cs1. The summed E-state index contributed by atoms with van der Waals surface area (Å²) in [5.41, 5.74) is 2.29. The van der Waals surface area contributed by atoms with Crippen LogP contribution in [0.2, 0.25) is 0 Å². The number of nitrogens with zero attached hydrogens (tertiary/aromatic N) is 3. The van der Waals surface area contributed by atoms with Gasteiger partial charge in [-0.1, -0.05) is 24.6 Å². The molecule has 0 radical (unpaired) electrons. The molecule has 0 aliphatic heterocycles. The highest BCUT2D eigenvalue weighted by atomic mass is 32.1. The second-order valence-electron chi connectivity index (χ2n) is 5.57. The standard InChI is InChI=1S/C18H26N4OS/c1-5-17-21-15(13-24-17)12-20-18(19-3)22(4)10-11-23-16-8-6-14(2)7-9-16/h6-9,13H,5,10-12H2,1-4H3,(H,19,20). The fourth-order valence-electron chi connectivity index (χ4n) is 2.19. The zero-order valence-corrected chi connectivity index (χ0v) is 15.7. The summed E-state index contributed by atoms with van der Waals surface area (Å²) in [7, 11) is 3.80. The lowest BCUT2D eigenvalue weighted by Crippen LogP contribution is -2.40. The number of hydrogen-bond acceptors (Lipinski definition) is 4. The molecule has 24 heavy (non-hydrogen) atoms. The van der Waals surface area contributed by atoms with Crippen LogP contribution in [-0.4, -0.2) is 43.1 Å². The van der Waals surface area contributed by atoms with Crippen molar-refractivity contribution in [1.29, 1.82) is 0 Å². The normalized spacial score (nSPS) is 11.4. The monoisotopic (exact) mass is 346 g/mol. The van der Waals surface area contributed by atoms with Crippen LogP contribution in [-0.2, 0) is 13.0 Å². The van der Waals surface area contributed by atoms with Crippen LogP contribution >= 0.6 is 11.3 Å². The lowest BCUT2D eigenvalue weighted by atomic mass is 10.2. The molecular formula is C18H26N4OS. The summed E-state index contributed by atoms with van der Waals surface area (Å²) in [5, 5.41) is 6.61. The Bertz CT molecular complexity index is 651. The van der Waals surface area contributed by atoms with Crippen LogP contribution in [0, 0.1) is 6.92 Å². The molecule has 1 aromatic heterocycles. The van der Waals surface area contributed by atoms with E-state index in [9.17, 15) is 0 Å². The topological polar surface area (TPSA) is 49.8 Å². The summed E-state index contributed by atoms with van der Waals surface area (Å²) in [4.78, 5) is 10.9. The molecule has 0 spiro atoms. The van der Waals surface area contributed by atoms with Crippen molar-refractivity contribution < 1.29 is 4.74 Å². The van der Waals surface area contributed by atoms with Crippen molar-refractivity contribution in [3.05, 3.63) is 45.9 Å². The van der Waals surface area contributed by atoms with Crippen molar-refractivity contribution in [2.45, 2.75) is 26.8 Å². The molecule has 2 aromatic rings. The van der Waals surface area contributed by atoms with Crippen molar-refractivity contribution in [3.63, 3.8) is 0 Å². The Morgan fingerprint density at radius 1 is 1.33 bits per heavy atom. The molecule has 1 N–H and O–H groups in total.